The van der Waals surface area contributed by atoms with Gasteiger partial charge in [0.2, 0.25) is 0 Å². The van der Waals surface area contributed by atoms with E-state index in [2.05, 4.69) is 9.47 Å². The quantitative estimate of drug-likeness (QED) is 0.629. The van der Waals surface area contributed by atoms with Crippen molar-refractivity contribution in [2.45, 2.75) is 19.8 Å². The summed E-state index contributed by atoms with van der Waals surface area (Å²) < 4.78 is 9.11. The molecule has 1 atom stereocenters. The monoisotopic (exact) mass is 266 g/mol. The van der Waals surface area contributed by atoms with E-state index >= 15 is 0 Å². The average molecular weight is 266 g/mol. The highest BCUT2D eigenvalue weighted by atomic mass is 16.7. The molecule has 1 unspecified atom stereocenters. The fourth-order valence-electron chi connectivity index (χ4n) is 1.67. The van der Waals surface area contributed by atoms with E-state index < -0.39 is 18.0 Å². The lowest BCUT2D eigenvalue weighted by atomic mass is 9.97. The Balaban J connectivity index is 2.61. The number of hydrogen-bond donors (Lipinski definition) is 1. The van der Waals surface area contributed by atoms with Crippen LogP contribution in [0.25, 0.3) is 0 Å². The number of rotatable bonds is 6. The topological polar surface area (TPSA) is 72.8 Å². The van der Waals surface area contributed by atoms with Crippen LogP contribution in [-0.2, 0) is 20.7 Å². The first-order valence-corrected chi connectivity index (χ1v) is 6.20. The van der Waals surface area contributed by atoms with E-state index in [4.69, 9.17) is 5.11 Å². The van der Waals surface area contributed by atoms with Crippen LogP contribution in [0.4, 0.5) is 4.79 Å². The van der Waals surface area contributed by atoms with Gasteiger partial charge in [-0.3, -0.25) is 4.79 Å². The molecule has 0 radical (unpaired) electrons. The molecular formula is C14H18O5. The van der Waals surface area contributed by atoms with Crippen LogP contribution in [-0.4, -0.2) is 30.4 Å². The van der Waals surface area contributed by atoms with Crippen LogP contribution < -0.4 is 0 Å². The lowest BCUT2D eigenvalue weighted by molar-refractivity contribution is -0.145. The third-order valence-corrected chi connectivity index (χ3v) is 2.58. The summed E-state index contributed by atoms with van der Waals surface area (Å²) in [7, 11) is 0. The summed E-state index contributed by atoms with van der Waals surface area (Å²) in [6.45, 7) is 1.63. The van der Waals surface area contributed by atoms with Crippen molar-refractivity contribution < 1.29 is 24.2 Å². The third kappa shape index (κ3) is 5.52. The highest BCUT2D eigenvalue weighted by molar-refractivity contribution is 5.83. The van der Waals surface area contributed by atoms with Crippen molar-refractivity contribution in [1.29, 1.82) is 0 Å². The Morgan fingerprint density at radius 1 is 1.26 bits per heavy atom. The highest BCUT2D eigenvalue weighted by Gasteiger charge is 2.23. The third-order valence-electron chi connectivity index (χ3n) is 2.58. The molecule has 0 saturated heterocycles. The molecular weight excluding hydrogens is 248 g/mol. The minimum atomic E-state index is -0.997. The SMILES string of the molecule is CCOC(=O)OC(=O)C(CCO)Cc1ccccc1. The predicted molar refractivity (Wildman–Crippen MR) is 68.5 cm³/mol. The van der Waals surface area contributed by atoms with Gasteiger partial charge in [0.25, 0.3) is 0 Å². The first-order valence-electron chi connectivity index (χ1n) is 6.20. The Bertz CT molecular complexity index is 402. The second-order valence-electron chi connectivity index (χ2n) is 4.00. The number of carbonyl (C=O) groups excluding carboxylic acids is 2. The van der Waals surface area contributed by atoms with Crippen molar-refractivity contribution in [2.75, 3.05) is 13.2 Å². The van der Waals surface area contributed by atoms with E-state index in [-0.39, 0.29) is 19.6 Å². The highest BCUT2D eigenvalue weighted by Crippen LogP contribution is 2.14. The summed E-state index contributed by atoms with van der Waals surface area (Å²) in [5.41, 5.74) is 0.946. The largest absolute Gasteiger partial charge is 0.516 e. The number of carbonyl (C=O) groups is 2. The Labute approximate surface area is 112 Å². The van der Waals surface area contributed by atoms with Crippen molar-refractivity contribution in [2.24, 2.45) is 5.92 Å². The number of hydrogen-bond acceptors (Lipinski definition) is 5. The van der Waals surface area contributed by atoms with Crippen LogP contribution in [0, 0.1) is 5.92 Å². The lowest BCUT2D eigenvalue weighted by Crippen LogP contribution is -2.24. The smallest absolute Gasteiger partial charge is 0.434 e. The Hall–Kier alpha value is -1.88. The van der Waals surface area contributed by atoms with Crippen LogP contribution in [0.2, 0.25) is 0 Å². The molecule has 0 heterocycles. The number of benzene rings is 1. The molecule has 0 saturated carbocycles. The zero-order valence-corrected chi connectivity index (χ0v) is 10.9. The molecule has 5 heteroatoms. The lowest BCUT2D eigenvalue weighted by Gasteiger charge is -2.13. The molecule has 0 fully saturated rings. The summed E-state index contributed by atoms with van der Waals surface area (Å²) >= 11 is 0. The predicted octanol–water partition coefficient (Wildman–Crippen LogP) is 1.93. The van der Waals surface area contributed by atoms with Crippen molar-refractivity contribution in [3.8, 4) is 0 Å². The normalized spacial score (nSPS) is 11.7. The van der Waals surface area contributed by atoms with Gasteiger partial charge in [-0.05, 0) is 25.3 Å². The Morgan fingerprint density at radius 3 is 2.53 bits per heavy atom. The van der Waals surface area contributed by atoms with Gasteiger partial charge in [-0.25, -0.2) is 4.79 Å². The van der Waals surface area contributed by atoms with Gasteiger partial charge in [0.15, 0.2) is 0 Å². The van der Waals surface area contributed by atoms with Crippen LogP contribution >= 0.6 is 0 Å². The number of ether oxygens (including phenoxy) is 2. The summed E-state index contributed by atoms with van der Waals surface area (Å²) in [5.74, 6) is -1.23. The van der Waals surface area contributed by atoms with Crippen LogP contribution in [0.1, 0.15) is 18.9 Å². The Morgan fingerprint density at radius 2 is 1.95 bits per heavy atom. The fourth-order valence-corrected chi connectivity index (χ4v) is 1.67. The maximum absolute atomic E-state index is 11.8. The van der Waals surface area contributed by atoms with Gasteiger partial charge in [-0.15, -0.1) is 0 Å². The zero-order chi connectivity index (χ0) is 14.1. The molecule has 1 rings (SSSR count). The second-order valence-corrected chi connectivity index (χ2v) is 4.00. The van der Waals surface area contributed by atoms with Crippen LogP contribution in [0.5, 0.6) is 0 Å². The van der Waals surface area contributed by atoms with Crippen LogP contribution in [0.3, 0.4) is 0 Å². The minimum absolute atomic E-state index is 0.143. The van der Waals surface area contributed by atoms with Gasteiger partial charge >= 0.3 is 12.1 Å². The molecule has 0 aliphatic rings. The van der Waals surface area contributed by atoms with E-state index in [1.54, 1.807) is 6.92 Å². The van der Waals surface area contributed by atoms with Gasteiger partial charge in [0.1, 0.15) is 0 Å². The summed E-state index contributed by atoms with van der Waals surface area (Å²) in [5, 5.41) is 8.98. The maximum Gasteiger partial charge on any atom is 0.516 e. The van der Waals surface area contributed by atoms with E-state index in [1.165, 1.54) is 0 Å². The molecule has 19 heavy (non-hydrogen) atoms. The van der Waals surface area contributed by atoms with Gasteiger partial charge in [0.05, 0.1) is 12.5 Å². The molecule has 0 aliphatic heterocycles. The van der Waals surface area contributed by atoms with Gasteiger partial charge in [-0.1, -0.05) is 30.3 Å². The molecule has 1 N–H and O–H groups in total. The van der Waals surface area contributed by atoms with Crippen molar-refractivity contribution in [3.63, 3.8) is 0 Å². The number of aliphatic hydroxyl groups is 1. The summed E-state index contributed by atoms with van der Waals surface area (Å²) in [4.78, 5) is 22.9. The molecule has 0 spiro atoms. The molecule has 0 aliphatic carbocycles. The molecule has 104 valence electrons. The summed E-state index contributed by atoms with van der Waals surface area (Å²) in [6, 6.07) is 9.36. The Kier molecular flexibility index (Phi) is 6.60. The van der Waals surface area contributed by atoms with E-state index in [0.29, 0.717) is 6.42 Å². The van der Waals surface area contributed by atoms with Crippen molar-refractivity contribution in [3.05, 3.63) is 35.9 Å². The van der Waals surface area contributed by atoms with Gasteiger partial charge in [0, 0.05) is 6.61 Å². The molecule has 1 aromatic carbocycles. The van der Waals surface area contributed by atoms with Crippen LogP contribution in [0.15, 0.2) is 30.3 Å². The van der Waals surface area contributed by atoms with E-state index in [1.807, 2.05) is 30.3 Å². The first-order chi connectivity index (χ1) is 9.17. The van der Waals surface area contributed by atoms with Gasteiger partial charge in [-0.2, -0.15) is 0 Å². The first kappa shape index (κ1) is 15.2. The molecule has 5 nitrogen and oxygen atoms in total. The minimum Gasteiger partial charge on any atom is -0.434 e. The average Bonchev–Trinajstić information content (AvgIpc) is 2.39. The number of esters is 1. The van der Waals surface area contributed by atoms with E-state index in [9.17, 15) is 9.59 Å². The summed E-state index contributed by atoms with van der Waals surface area (Å²) in [6.07, 6.45) is -0.337. The fraction of sp³-hybridized carbons (Fsp3) is 0.429. The standard InChI is InChI=1S/C14H18O5/c1-2-18-14(17)19-13(16)12(8-9-15)10-11-6-4-3-5-7-11/h3-7,12,15H,2,8-10H2,1H3. The molecule has 1 aromatic rings. The van der Waals surface area contributed by atoms with Crippen molar-refractivity contribution in [1.82, 2.24) is 0 Å². The molecule has 0 aromatic heterocycles. The van der Waals surface area contributed by atoms with E-state index in [0.717, 1.165) is 5.56 Å². The second kappa shape index (κ2) is 8.26. The van der Waals surface area contributed by atoms with Gasteiger partial charge < -0.3 is 14.6 Å². The zero-order valence-electron chi connectivity index (χ0n) is 10.9. The van der Waals surface area contributed by atoms with Crippen molar-refractivity contribution >= 4 is 12.1 Å². The maximum atomic E-state index is 11.8. The molecule has 0 bridgehead atoms. The molecule has 0 amide bonds. The number of aliphatic hydroxyl groups excluding tert-OH is 1.